The summed E-state index contributed by atoms with van der Waals surface area (Å²) in [6.07, 6.45) is -4.93. The number of hydrogen-bond acceptors (Lipinski definition) is 18. The second-order valence-corrected chi connectivity index (χ2v) is 10.5. The fourth-order valence-corrected chi connectivity index (χ4v) is 5.37. The minimum Gasteiger partial charge on any atom is -0.394 e. The average Bonchev–Trinajstić information content (AvgIpc) is 3.75. The Morgan fingerprint density at radius 1 is 0.659 bits per heavy atom. The molecule has 20 nitrogen and oxygen atoms in total. The van der Waals surface area contributed by atoms with Crippen molar-refractivity contribution in [2.24, 2.45) is 0 Å². The van der Waals surface area contributed by atoms with E-state index in [0.29, 0.717) is 59.9 Å². The van der Waals surface area contributed by atoms with Crippen molar-refractivity contribution in [2.45, 2.75) is 61.9 Å². The third-order valence-electron chi connectivity index (χ3n) is 7.65. The van der Waals surface area contributed by atoms with Crippen LogP contribution in [-0.2, 0) is 9.47 Å². The lowest BCUT2D eigenvalue weighted by molar-refractivity contribution is -0.0511. The molecule has 2 fully saturated rings. The highest BCUT2D eigenvalue weighted by atomic mass is 16.6. The average molecular weight is 619 g/mol. The number of imidazole rings is 2. The van der Waals surface area contributed by atoms with Crippen LogP contribution >= 0.6 is 0 Å². The van der Waals surface area contributed by atoms with Gasteiger partial charge in [-0.25, -0.2) is 9.97 Å². The summed E-state index contributed by atoms with van der Waals surface area (Å²) >= 11 is 0. The number of fused-ring (bicyclic) bond motifs is 2. The molecule has 2 aliphatic rings. The van der Waals surface area contributed by atoms with Gasteiger partial charge in [0.05, 0.1) is 25.9 Å². The Balaban J connectivity index is 1.07. The van der Waals surface area contributed by atoms with Crippen molar-refractivity contribution in [3.63, 3.8) is 0 Å². The zero-order valence-electron chi connectivity index (χ0n) is 23.2. The van der Waals surface area contributed by atoms with Crippen LogP contribution in [0.1, 0.15) is 25.3 Å². The van der Waals surface area contributed by atoms with E-state index in [4.69, 9.17) is 20.9 Å². The minimum absolute atomic E-state index is 0.0307. The monoisotopic (exact) mass is 618 g/mol. The van der Waals surface area contributed by atoms with E-state index in [-0.39, 0.29) is 11.9 Å². The molecule has 6 rings (SSSR count). The van der Waals surface area contributed by atoms with Crippen LogP contribution in [0.4, 0.5) is 23.5 Å². The molecule has 0 aliphatic carbocycles. The molecule has 2 saturated heterocycles. The Kier molecular flexibility index (Phi) is 8.30. The lowest BCUT2D eigenvalue weighted by atomic mass is 10.1. The van der Waals surface area contributed by atoms with Gasteiger partial charge in [0.1, 0.15) is 36.6 Å². The quantitative estimate of drug-likeness (QED) is 0.0734. The number of nitrogens with zero attached hydrogens (tertiary/aromatic N) is 8. The molecular formula is C24H34N12O8. The van der Waals surface area contributed by atoms with Crippen molar-refractivity contribution >= 4 is 45.9 Å². The van der Waals surface area contributed by atoms with Gasteiger partial charge >= 0.3 is 0 Å². The molecular weight excluding hydrogens is 584 g/mol. The van der Waals surface area contributed by atoms with E-state index in [0.717, 1.165) is 0 Å². The maximum atomic E-state index is 10.4. The predicted octanol–water partition coefficient (Wildman–Crippen LogP) is -3.34. The number of nitrogen functional groups attached to an aromatic ring is 2. The lowest BCUT2D eigenvalue weighted by Gasteiger charge is -2.17. The van der Waals surface area contributed by atoms with Crippen molar-refractivity contribution in [1.29, 1.82) is 0 Å². The van der Waals surface area contributed by atoms with Crippen molar-refractivity contribution in [3.8, 4) is 0 Å². The second kappa shape index (κ2) is 12.2. The van der Waals surface area contributed by atoms with Crippen LogP contribution in [0.2, 0.25) is 0 Å². The topological polar surface area (TPSA) is 303 Å². The molecule has 4 aromatic rings. The second-order valence-electron chi connectivity index (χ2n) is 10.5. The lowest BCUT2D eigenvalue weighted by Crippen LogP contribution is -2.33. The Morgan fingerprint density at radius 3 is 1.43 bits per heavy atom. The molecule has 0 spiro atoms. The minimum atomic E-state index is -1.31. The maximum absolute atomic E-state index is 10.4. The Labute approximate surface area is 248 Å². The van der Waals surface area contributed by atoms with E-state index in [2.05, 4.69) is 40.5 Å². The van der Waals surface area contributed by atoms with E-state index in [9.17, 15) is 30.6 Å². The van der Waals surface area contributed by atoms with E-state index < -0.39 is 62.3 Å². The summed E-state index contributed by atoms with van der Waals surface area (Å²) < 4.78 is 14.1. The van der Waals surface area contributed by atoms with Crippen LogP contribution in [0.25, 0.3) is 22.3 Å². The van der Waals surface area contributed by atoms with E-state index in [1.54, 1.807) is 0 Å². The number of hydrogen-bond donors (Lipinski definition) is 10. The smallest absolute Gasteiger partial charge is 0.224 e. The van der Waals surface area contributed by atoms with Gasteiger partial charge in [-0.15, -0.1) is 0 Å². The molecule has 2 aliphatic heterocycles. The molecule has 8 atom stereocenters. The number of rotatable bonds is 11. The third kappa shape index (κ3) is 5.30. The first-order chi connectivity index (χ1) is 21.2. The van der Waals surface area contributed by atoms with Crippen molar-refractivity contribution in [1.82, 2.24) is 39.0 Å². The van der Waals surface area contributed by atoms with Crippen LogP contribution in [0.5, 0.6) is 0 Å². The summed E-state index contributed by atoms with van der Waals surface area (Å²) in [4.78, 5) is 25.6. The highest BCUT2D eigenvalue weighted by molar-refractivity contribution is 5.85. The van der Waals surface area contributed by atoms with Gasteiger partial charge in [-0.2, -0.15) is 19.9 Å². The van der Waals surface area contributed by atoms with Crippen molar-refractivity contribution in [2.75, 3.05) is 48.4 Å². The fourth-order valence-electron chi connectivity index (χ4n) is 5.37. The van der Waals surface area contributed by atoms with Crippen molar-refractivity contribution < 1.29 is 40.1 Å². The molecule has 6 heterocycles. The molecule has 44 heavy (non-hydrogen) atoms. The number of anilines is 4. The first-order valence-corrected chi connectivity index (χ1v) is 13.9. The molecule has 0 amide bonds. The summed E-state index contributed by atoms with van der Waals surface area (Å²) in [7, 11) is 0. The van der Waals surface area contributed by atoms with Crippen LogP contribution in [-0.4, -0.2) is 133 Å². The highest BCUT2D eigenvalue weighted by Crippen LogP contribution is 2.34. The van der Waals surface area contributed by atoms with Crippen LogP contribution in [0.3, 0.4) is 0 Å². The first-order valence-electron chi connectivity index (χ1n) is 13.9. The largest absolute Gasteiger partial charge is 0.394 e. The SMILES string of the molecule is Nc1nc(NCCCCNc2nc(N)nc3c2ncn3[C@H]2O[C@@H](CO)[C@H](O)[C@@H]2O)c2ncn([C@@H]3O[C@H](CO)[C@@H](O)[C@H]3O)c2n1. The zero-order chi connectivity index (χ0) is 31.1. The molecule has 0 bridgehead atoms. The zero-order valence-corrected chi connectivity index (χ0v) is 23.2. The first kappa shape index (κ1) is 30.0. The number of aliphatic hydroxyl groups excluding tert-OH is 6. The Hall–Kier alpha value is -4.02. The molecule has 0 saturated carbocycles. The summed E-state index contributed by atoms with van der Waals surface area (Å²) in [5, 5.41) is 66.3. The fraction of sp³-hybridized carbons (Fsp3) is 0.583. The van der Waals surface area contributed by atoms with Gasteiger partial charge in [-0.05, 0) is 12.8 Å². The molecule has 0 unspecified atom stereocenters. The van der Waals surface area contributed by atoms with Crippen LogP contribution in [0.15, 0.2) is 12.7 Å². The van der Waals surface area contributed by atoms with E-state index >= 15 is 0 Å². The predicted molar refractivity (Wildman–Crippen MR) is 152 cm³/mol. The molecule has 12 N–H and O–H groups in total. The highest BCUT2D eigenvalue weighted by Gasteiger charge is 2.45. The summed E-state index contributed by atoms with van der Waals surface area (Å²) in [5.41, 5.74) is 13.2. The van der Waals surface area contributed by atoms with Gasteiger partial charge in [0.15, 0.2) is 46.4 Å². The van der Waals surface area contributed by atoms with Gasteiger partial charge in [0.2, 0.25) is 11.9 Å². The molecule has 0 radical (unpaired) electrons. The van der Waals surface area contributed by atoms with Gasteiger partial charge in [-0.3, -0.25) is 9.13 Å². The normalized spacial score (nSPS) is 28.8. The number of ether oxygens (including phenoxy) is 2. The summed E-state index contributed by atoms with van der Waals surface area (Å²) in [5.74, 6) is 0.701. The molecule has 238 valence electrons. The van der Waals surface area contributed by atoms with Gasteiger partial charge in [0, 0.05) is 13.1 Å². The number of unbranched alkanes of at least 4 members (excludes halogenated alkanes) is 1. The van der Waals surface area contributed by atoms with Gasteiger partial charge in [0.25, 0.3) is 0 Å². The molecule has 20 heteroatoms. The Bertz CT molecular complexity index is 1500. The maximum Gasteiger partial charge on any atom is 0.224 e. The summed E-state index contributed by atoms with van der Waals surface area (Å²) in [6.45, 7) is 0.0643. The van der Waals surface area contributed by atoms with Crippen LogP contribution < -0.4 is 22.1 Å². The number of aromatic nitrogens is 8. The molecule has 0 aromatic carbocycles. The number of aliphatic hydroxyl groups is 6. The summed E-state index contributed by atoms with van der Waals surface area (Å²) in [6, 6.07) is 0. The Morgan fingerprint density at radius 2 is 1.07 bits per heavy atom. The van der Waals surface area contributed by atoms with E-state index in [1.165, 1.54) is 21.8 Å². The van der Waals surface area contributed by atoms with Crippen LogP contribution in [0, 0.1) is 0 Å². The standard InChI is InChI=1S/C24H34N12O8/c25-23-31-17(11-19(33-23)35(7-29-11)21-15(41)13(39)9(5-37)43-21)27-3-1-2-4-28-18-12-20(34-24(26)32-18)36(8-30-12)22-16(42)14(40)10(6-38)44-22/h7-10,13-16,21-22,37-42H,1-6H2,(H3,25,27,31,33)(H3,26,28,32,34)/t9-,10+,13-,14+,15-,16+,21-,22+. The van der Waals surface area contributed by atoms with Gasteiger partial charge in [-0.1, -0.05) is 0 Å². The third-order valence-corrected chi connectivity index (χ3v) is 7.65. The van der Waals surface area contributed by atoms with Crippen molar-refractivity contribution in [3.05, 3.63) is 12.7 Å². The number of nitrogens with one attached hydrogen (secondary N) is 2. The van der Waals surface area contributed by atoms with E-state index in [1.807, 2.05) is 0 Å². The number of nitrogens with two attached hydrogens (primary N) is 2. The molecule has 4 aromatic heterocycles. The van der Waals surface area contributed by atoms with Gasteiger partial charge < -0.3 is 62.2 Å².